The van der Waals surface area contributed by atoms with E-state index in [-0.39, 0.29) is 17.1 Å². The van der Waals surface area contributed by atoms with E-state index in [1.165, 1.54) is 40.2 Å². The van der Waals surface area contributed by atoms with Crippen molar-refractivity contribution in [1.29, 1.82) is 0 Å². The van der Waals surface area contributed by atoms with Crippen LogP contribution >= 0.6 is 0 Å². The summed E-state index contributed by atoms with van der Waals surface area (Å²) in [4.78, 5) is 35.9. The summed E-state index contributed by atoms with van der Waals surface area (Å²) in [6.07, 6.45) is -1.84. The molecule has 1 aromatic heterocycles. The molecule has 2 atom stereocenters. The number of carbonyl (C=O) groups excluding carboxylic acids is 2. The van der Waals surface area contributed by atoms with Gasteiger partial charge < -0.3 is 23.4 Å². The predicted molar refractivity (Wildman–Crippen MR) is 104 cm³/mol. The van der Waals surface area contributed by atoms with Gasteiger partial charge in [-0.2, -0.15) is 0 Å². The van der Waals surface area contributed by atoms with E-state index in [9.17, 15) is 14.4 Å². The first-order valence-electron chi connectivity index (χ1n) is 8.84. The number of rotatable bonds is 6. The molecule has 0 radical (unpaired) electrons. The van der Waals surface area contributed by atoms with Crippen molar-refractivity contribution in [2.75, 3.05) is 14.2 Å². The topological polar surface area (TPSA) is 101 Å². The maximum absolute atomic E-state index is 12.4. The third kappa shape index (κ3) is 4.01. The van der Waals surface area contributed by atoms with E-state index in [4.69, 9.17) is 18.6 Å². The number of hydrogen-bond acceptors (Lipinski definition) is 8. The summed E-state index contributed by atoms with van der Waals surface area (Å²) in [5, 5.41) is 1.46. The Kier molecular flexibility index (Phi) is 5.72. The van der Waals surface area contributed by atoms with E-state index >= 15 is 0 Å². The van der Waals surface area contributed by atoms with Crippen LogP contribution in [0.25, 0.3) is 21.7 Å². The molecule has 0 spiro atoms. The van der Waals surface area contributed by atoms with Gasteiger partial charge in [0.2, 0.25) is 0 Å². The molecule has 3 rings (SSSR count). The van der Waals surface area contributed by atoms with Crippen LogP contribution in [0.2, 0.25) is 0 Å². The Hall–Kier alpha value is -3.55. The Labute approximate surface area is 165 Å². The van der Waals surface area contributed by atoms with Gasteiger partial charge in [0.05, 0.1) is 25.0 Å². The molecule has 0 bridgehead atoms. The number of methoxy groups -OCH3 is 2. The minimum atomic E-state index is -0.929. The molecule has 0 saturated carbocycles. The van der Waals surface area contributed by atoms with Gasteiger partial charge in [0.25, 0.3) is 0 Å². The molecule has 0 aliphatic heterocycles. The van der Waals surface area contributed by atoms with Crippen molar-refractivity contribution in [2.45, 2.75) is 26.1 Å². The molecule has 0 N–H and O–H groups in total. The van der Waals surface area contributed by atoms with Crippen LogP contribution < -0.4 is 15.1 Å². The lowest BCUT2D eigenvalue weighted by Gasteiger charge is -2.18. The van der Waals surface area contributed by atoms with Crippen LogP contribution in [0.4, 0.5) is 0 Å². The molecule has 3 aromatic rings. The molecule has 29 heavy (non-hydrogen) atoms. The van der Waals surface area contributed by atoms with E-state index in [1.807, 2.05) is 0 Å². The number of hydrogen-bond donors (Lipinski definition) is 0. The molecular weight excluding hydrogens is 380 g/mol. The number of fused-ring (bicyclic) bond motifs is 3. The zero-order valence-electron chi connectivity index (χ0n) is 16.4. The number of ether oxygens (including phenoxy) is 4. The molecule has 2 aromatic carbocycles. The predicted octanol–water partition coefficient (Wildman–Crippen LogP) is 2.83. The summed E-state index contributed by atoms with van der Waals surface area (Å²) in [5.41, 5.74) is -0.339. The number of esters is 2. The SMILES string of the molecule is COC(=O)[C@H](C)Oc1cc(O[C@H](C)C(=O)OC)c2c(c1)oc(=O)c1ccccc12. The van der Waals surface area contributed by atoms with Crippen LogP contribution in [0.5, 0.6) is 11.5 Å². The summed E-state index contributed by atoms with van der Waals surface area (Å²) in [6, 6.07) is 9.89. The first-order valence-corrected chi connectivity index (χ1v) is 8.84. The van der Waals surface area contributed by atoms with Crippen LogP contribution in [0.15, 0.2) is 45.6 Å². The van der Waals surface area contributed by atoms with Crippen molar-refractivity contribution in [3.63, 3.8) is 0 Å². The third-order valence-corrected chi connectivity index (χ3v) is 4.34. The van der Waals surface area contributed by atoms with Gasteiger partial charge in [0.1, 0.15) is 17.1 Å². The lowest BCUT2D eigenvalue weighted by molar-refractivity contribution is -0.148. The second-order valence-corrected chi connectivity index (χ2v) is 6.30. The largest absolute Gasteiger partial charge is 0.479 e. The molecule has 1 heterocycles. The van der Waals surface area contributed by atoms with E-state index < -0.39 is 29.8 Å². The van der Waals surface area contributed by atoms with Gasteiger partial charge in [-0.15, -0.1) is 0 Å². The number of benzene rings is 2. The van der Waals surface area contributed by atoms with Crippen LogP contribution in [0.1, 0.15) is 13.8 Å². The standard InChI is InChI=1S/C21H20O8/c1-11(19(22)25-3)27-13-9-16(28-12(2)20(23)26-4)18-14-7-5-6-8-15(14)21(24)29-17(18)10-13/h5-12H,1-4H3/t11-,12+/m0/s1. The zero-order valence-corrected chi connectivity index (χ0v) is 16.4. The van der Waals surface area contributed by atoms with Gasteiger partial charge >= 0.3 is 17.6 Å². The minimum Gasteiger partial charge on any atom is -0.479 e. The lowest BCUT2D eigenvalue weighted by Crippen LogP contribution is -2.26. The van der Waals surface area contributed by atoms with Gasteiger partial charge in [-0.3, -0.25) is 0 Å². The first-order chi connectivity index (χ1) is 13.8. The van der Waals surface area contributed by atoms with Crippen molar-refractivity contribution in [3.05, 3.63) is 46.8 Å². The smallest absolute Gasteiger partial charge is 0.346 e. The second kappa shape index (κ2) is 8.22. The Balaban J connectivity index is 2.21. The van der Waals surface area contributed by atoms with Gasteiger partial charge in [-0.25, -0.2) is 14.4 Å². The Morgan fingerprint density at radius 3 is 2.10 bits per heavy atom. The maximum Gasteiger partial charge on any atom is 0.346 e. The summed E-state index contributed by atoms with van der Waals surface area (Å²) in [6.45, 7) is 3.05. The van der Waals surface area contributed by atoms with E-state index in [0.717, 1.165) is 0 Å². The van der Waals surface area contributed by atoms with Crippen molar-refractivity contribution < 1.29 is 33.0 Å². The lowest BCUT2D eigenvalue weighted by atomic mass is 10.1. The molecule has 0 aliphatic rings. The van der Waals surface area contributed by atoms with E-state index in [1.54, 1.807) is 24.3 Å². The van der Waals surface area contributed by atoms with Crippen LogP contribution in [-0.4, -0.2) is 38.4 Å². The maximum atomic E-state index is 12.4. The minimum absolute atomic E-state index is 0.190. The molecular formula is C21H20O8. The molecule has 0 saturated heterocycles. The van der Waals surface area contributed by atoms with Gasteiger partial charge in [0.15, 0.2) is 12.2 Å². The molecule has 8 heteroatoms. The van der Waals surface area contributed by atoms with Crippen molar-refractivity contribution in [3.8, 4) is 11.5 Å². The van der Waals surface area contributed by atoms with Gasteiger partial charge in [0, 0.05) is 17.5 Å². The Bertz CT molecular complexity index is 1130. The fraction of sp³-hybridized carbons (Fsp3) is 0.286. The van der Waals surface area contributed by atoms with Crippen molar-refractivity contribution >= 4 is 33.7 Å². The normalized spacial score (nSPS) is 13.0. The van der Waals surface area contributed by atoms with Crippen LogP contribution in [-0.2, 0) is 19.1 Å². The van der Waals surface area contributed by atoms with Crippen molar-refractivity contribution in [1.82, 2.24) is 0 Å². The van der Waals surface area contributed by atoms with E-state index in [0.29, 0.717) is 16.2 Å². The average molecular weight is 400 g/mol. The monoisotopic (exact) mass is 400 g/mol. The highest BCUT2D eigenvalue weighted by molar-refractivity contribution is 6.08. The highest BCUT2D eigenvalue weighted by atomic mass is 16.6. The average Bonchev–Trinajstić information content (AvgIpc) is 2.72. The van der Waals surface area contributed by atoms with Crippen molar-refractivity contribution in [2.24, 2.45) is 0 Å². The summed E-state index contributed by atoms with van der Waals surface area (Å²) >= 11 is 0. The van der Waals surface area contributed by atoms with Crippen LogP contribution in [0, 0.1) is 0 Å². The quantitative estimate of drug-likeness (QED) is 0.354. The summed E-state index contributed by atoms with van der Waals surface area (Å²) in [7, 11) is 2.51. The fourth-order valence-corrected chi connectivity index (χ4v) is 2.93. The summed E-state index contributed by atoms with van der Waals surface area (Å²) in [5.74, 6) is -0.696. The summed E-state index contributed by atoms with van der Waals surface area (Å²) < 4.78 is 26.2. The second-order valence-electron chi connectivity index (χ2n) is 6.30. The van der Waals surface area contributed by atoms with E-state index in [2.05, 4.69) is 4.74 Å². The molecule has 0 aliphatic carbocycles. The number of carbonyl (C=O) groups is 2. The Morgan fingerprint density at radius 2 is 1.48 bits per heavy atom. The first kappa shape index (κ1) is 20.2. The fourth-order valence-electron chi connectivity index (χ4n) is 2.93. The molecule has 0 unspecified atom stereocenters. The highest BCUT2D eigenvalue weighted by Crippen LogP contribution is 2.36. The third-order valence-electron chi connectivity index (χ3n) is 4.34. The van der Waals surface area contributed by atoms with Gasteiger partial charge in [-0.05, 0) is 19.9 Å². The van der Waals surface area contributed by atoms with Gasteiger partial charge in [-0.1, -0.05) is 18.2 Å². The zero-order chi connectivity index (χ0) is 21.1. The molecule has 152 valence electrons. The molecule has 8 nitrogen and oxygen atoms in total. The highest BCUT2D eigenvalue weighted by Gasteiger charge is 2.22. The Morgan fingerprint density at radius 1 is 0.897 bits per heavy atom. The van der Waals surface area contributed by atoms with Crippen LogP contribution in [0.3, 0.4) is 0 Å². The molecule has 0 fully saturated rings. The molecule has 0 amide bonds.